The van der Waals surface area contributed by atoms with Crippen LogP contribution in [0.2, 0.25) is 0 Å². The van der Waals surface area contributed by atoms with Gasteiger partial charge in [-0.3, -0.25) is 14.4 Å². The summed E-state index contributed by atoms with van der Waals surface area (Å²) in [5.41, 5.74) is 3.17. The summed E-state index contributed by atoms with van der Waals surface area (Å²) >= 11 is 0. The summed E-state index contributed by atoms with van der Waals surface area (Å²) in [7, 11) is 0. The van der Waals surface area contributed by atoms with Crippen molar-refractivity contribution in [1.29, 1.82) is 0 Å². The number of amides is 2. The third-order valence-corrected chi connectivity index (χ3v) is 5.72. The molecule has 1 aromatic heterocycles. The van der Waals surface area contributed by atoms with E-state index in [9.17, 15) is 14.4 Å². The van der Waals surface area contributed by atoms with E-state index in [0.29, 0.717) is 17.8 Å². The molecule has 0 spiro atoms. The third kappa shape index (κ3) is 6.44. The van der Waals surface area contributed by atoms with Gasteiger partial charge in [0, 0.05) is 23.5 Å². The van der Waals surface area contributed by atoms with E-state index in [1.807, 2.05) is 44.2 Å². The average Bonchev–Trinajstić information content (AvgIpc) is 2.79. The van der Waals surface area contributed by atoms with E-state index in [-0.39, 0.29) is 28.7 Å². The van der Waals surface area contributed by atoms with Crippen molar-refractivity contribution in [3.8, 4) is 0 Å². The molecule has 3 aromatic rings. The zero-order valence-electron chi connectivity index (χ0n) is 20.5. The average molecular weight is 460 g/mol. The Hall–Kier alpha value is -3.67. The lowest BCUT2D eigenvalue weighted by Crippen LogP contribution is -2.47. The largest absolute Gasteiger partial charge is 0.340 e. The van der Waals surface area contributed by atoms with Crippen LogP contribution in [0.4, 0.5) is 5.69 Å². The van der Waals surface area contributed by atoms with Gasteiger partial charge in [0.1, 0.15) is 6.04 Å². The van der Waals surface area contributed by atoms with Gasteiger partial charge in [-0.2, -0.15) is 0 Å². The van der Waals surface area contributed by atoms with Gasteiger partial charge >= 0.3 is 0 Å². The molecule has 6 heteroatoms. The topological polar surface area (TPSA) is 80.2 Å². The Bertz CT molecular complexity index is 1190. The standard InChI is InChI=1S/C28H33N3O3/c1-19(2)25(30-26(33)21-11-13-22(14-12-21)28(3,4)5)27(34)29-23-15-9-20(10-16-23)18-31-17-7-6-8-24(31)32/h6-17,19,25H,18H2,1-5H3,(H,29,34)(H,30,33). The summed E-state index contributed by atoms with van der Waals surface area (Å²) in [6.45, 7) is 10.6. The van der Waals surface area contributed by atoms with Crippen molar-refractivity contribution < 1.29 is 9.59 Å². The highest BCUT2D eigenvalue weighted by Crippen LogP contribution is 2.22. The van der Waals surface area contributed by atoms with Crippen molar-refractivity contribution in [3.63, 3.8) is 0 Å². The third-order valence-electron chi connectivity index (χ3n) is 5.72. The zero-order chi connectivity index (χ0) is 24.9. The van der Waals surface area contributed by atoms with Gasteiger partial charge in [-0.1, -0.05) is 65.0 Å². The first-order valence-corrected chi connectivity index (χ1v) is 11.5. The van der Waals surface area contributed by atoms with Crippen LogP contribution in [0.15, 0.2) is 77.7 Å². The molecule has 6 nitrogen and oxygen atoms in total. The number of aromatic nitrogens is 1. The first-order valence-electron chi connectivity index (χ1n) is 11.5. The van der Waals surface area contributed by atoms with Gasteiger partial charge in [-0.25, -0.2) is 0 Å². The van der Waals surface area contributed by atoms with Gasteiger partial charge in [0.15, 0.2) is 0 Å². The number of hydrogen-bond donors (Lipinski definition) is 2. The SMILES string of the molecule is CC(C)C(NC(=O)c1ccc(C(C)(C)C)cc1)C(=O)Nc1ccc(Cn2ccccc2=O)cc1. The smallest absolute Gasteiger partial charge is 0.251 e. The number of rotatable bonds is 7. The van der Waals surface area contributed by atoms with Crippen molar-refractivity contribution in [2.45, 2.75) is 52.6 Å². The normalized spacial score (nSPS) is 12.3. The molecule has 0 radical (unpaired) electrons. The Morgan fingerprint density at radius 3 is 2.12 bits per heavy atom. The molecule has 1 unspecified atom stereocenters. The van der Waals surface area contributed by atoms with Crippen LogP contribution in [0, 0.1) is 5.92 Å². The Morgan fingerprint density at radius 2 is 1.56 bits per heavy atom. The lowest BCUT2D eigenvalue weighted by Gasteiger charge is -2.22. The predicted molar refractivity (Wildman–Crippen MR) is 136 cm³/mol. The number of carbonyl (C=O) groups is 2. The molecule has 3 rings (SSSR count). The quantitative estimate of drug-likeness (QED) is 0.542. The Kier molecular flexibility index (Phi) is 7.72. The van der Waals surface area contributed by atoms with Crippen molar-refractivity contribution in [2.24, 2.45) is 5.92 Å². The van der Waals surface area contributed by atoms with Crippen LogP contribution in [-0.2, 0) is 16.8 Å². The molecule has 2 amide bonds. The Morgan fingerprint density at radius 1 is 0.912 bits per heavy atom. The van der Waals surface area contributed by atoms with Gasteiger partial charge in [0.25, 0.3) is 11.5 Å². The number of hydrogen-bond acceptors (Lipinski definition) is 3. The lowest BCUT2D eigenvalue weighted by molar-refractivity contribution is -0.118. The highest BCUT2D eigenvalue weighted by atomic mass is 16.2. The van der Waals surface area contributed by atoms with Crippen LogP contribution in [0.1, 0.15) is 56.1 Å². The van der Waals surface area contributed by atoms with E-state index in [1.54, 1.807) is 41.1 Å². The van der Waals surface area contributed by atoms with Gasteiger partial charge in [0.2, 0.25) is 5.91 Å². The minimum absolute atomic E-state index is 0.00195. The molecule has 0 saturated carbocycles. The van der Waals surface area contributed by atoms with Crippen LogP contribution < -0.4 is 16.2 Å². The molecule has 0 saturated heterocycles. The number of anilines is 1. The van der Waals surface area contributed by atoms with E-state index in [1.165, 1.54) is 6.07 Å². The number of pyridine rings is 1. The highest BCUT2D eigenvalue weighted by molar-refractivity contribution is 6.01. The molecule has 0 bridgehead atoms. The molecule has 1 atom stereocenters. The van der Waals surface area contributed by atoms with Gasteiger partial charge < -0.3 is 15.2 Å². The molecule has 0 aliphatic rings. The molecule has 178 valence electrons. The van der Waals surface area contributed by atoms with Crippen molar-refractivity contribution in [3.05, 3.63) is 100.0 Å². The second kappa shape index (κ2) is 10.5. The Balaban J connectivity index is 1.65. The monoisotopic (exact) mass is 459 g/mol. The van der Waals surface area contributed by atoms with Crippen molar-refractivity contribution in [2.75, 3.05) is 5.32 Å². The molecular weight excluding hydrogens is 426 g/mol. The van der Waals surface area contributed by atoms with Gasteiger partial charge in [-0.05, 0) is 52.8 Å². The van der Waals surface area contributed by atoms with E-state index >= 15 is 0 Å². The maximum absolute atomic E-state index is 13.0. The fourth-order valence-electron chi connectivity index (χ4n) is 3.58. The molecule has 2 aromatic carbocycles. The van der Waals surface area contributed by atoms with Gasteiger partial charge in [-0.15, -0.1) is 0 Å². The molecule has 1 heterocycles. The van der Waals surface area contributed by atoms with E-state index < -0.39 is 6.04 Å². The summed E-state index contributed by atoms with van der Waals surface area (Å²) in [5.74, 6) is -0.651. The van der Waals surface area contributed by atoms with Gasteiger partial charge in [0.05, 0.1) is 6.54 Å². The summed E-state index contributed by atoms with van der Waals surface area (Å²) < 4.78 is 1.62. The van der Waals surface area contributed by atoms with Crippen LogP contribution in [0.5, 0.6) is 0 Å². The molecule has 0 aliphatic heterocycles. The molecular formula is C28H33N3O3. The second-order valence-electron chi connectivity index (χ2n) is 9.88. The number of nitrogens with one attached hydrogen (secondary N) is 2. The molecule has 0 fully saturated rings. The molecule has 34 heavy (non-hydrogen) atoms. The van der Waals surface area contributed by atoms with Crippen LogP contribution >= 0.6 is 0 Å². The zero-order valence-corrected chi connectivity index (χ0v) is 20.5. The highest BCUT2D eigenvalue weighted by Gasteiger charge is 2.25. The predicted octanol–water partition coefficient (Wildman–Crippen LogP) is 4.59. The van der Waals surface area contributed by atoms with Crippen molar-refractivity contribution >= 4 is 17.5 Å². The summed E-state index contributed by atoms with van der Waals surface area (Å²) in [6, 6.07) is 19.2. The van der Waals surface area contributed by atoms with Crippen LogP contribution in [-0.4, -0.2) is 22.4 Å². The first kappa shape index (κ1) is 25.0. The minimum atomic E-state index is -0.683. The number of nitrogens with zero attached hydrogens (tertiary/aromatic N) is 1. The Labute approximate surface area is 201 Å². The second-order valence-corrected chi connectivity index (χ2v) is 9.88. The summed E-state index contributed by atoms with van der Waals surface area (Å²) in [4.78, 5) is 37.7. The van der Waals surface area contributed by atoms with Crippen molar-refractivity contribution in [1.82, 2.24) is 9.88 Å². The first-order chi connectivity index (χ1) is 16.0. The van der Waals surface area contributed by atoms with E-state index in [2.05, 4.69) is 31.4 Å². The van der Waals surface area contributed by atoms with E-state index in [0.717, 1.165) is 11.1 Å². The maximum atomic E-state index is 13.0. The van der Waals surface area contributed by atoms with E-state index in [4.69, 9.17) is 0 Å². The summed E-state index contributed by atoms with van der Waals surface area (Å²) in [6.07, 6.45) is 1.74. The molecule has 0 aliphatic carbocycles. The fraction of sp³-hybridized carbons (Fsp3) is 0.321. The molecule has 2 N–H and O–H groups in total. The van der Waals surface area contributed by atoms with Crippen LogP contribution in [0.25, 0.3) is 0 Å². The maximum Gasteiger partial charge on any atom is 0.251 e. The lowest BCUT2D eigenvalue weighted by atomic mass is 9.86. The van der Waals surface area contributed by atoms with Crippen LogP contribution in [0.3, 0.4) is 0 Å². The minimum Gasteiger partial charge on any atom is -0.340 e. The fourth-order valence-corrected chi connectivity index (χ4v) is 3.58. The number of carbonyl (C=O) groups excluding carboxylic acids is 2. The number of benzene rings is 2. The summed E-state index contributed by atoms with van der Waals surface area (Å²) in [5, 5.41) is 5.76.